The molecular formula is C18H18N2O2S. The molecule has 1 aromatic heterocycles. The predicted octanol–water partition coefficient (Wildman–Crippen LogP) is 3.46. The number of nitrogens with zero attached hydrogens (tertiary/aromatic N) is 2. The Kier molecular flexibility index (Phi) is 4.39. The Hall–Kier alpha value is -2.27. The van der Waals surface area contributed by atoms with Gasteiger partial charge in [-0.1, -0.05) is 25.1 Å². The molecule has 0 spiro atoms. The van der Waals surface area contributed by atoms with Gasteiger partial charge < -0.3 is 0 Å². The molecule has 23 heavy (non-hydrogen) atoms. The Bertz CT molecular complexity index is 764. The monoisotopic (exact) mass is 326 g/mol. The van der Waals surface area contributed by atoms with Crippen molar-refractivity contribution in [2.75, 3.05) is 5.01 Å². The van der Waals surface area contributed by atoms with Gasteiger partial charge in [0, 0.05) is 11.3 Å². The number of amides is 1. The molecule has 0 radical (unpaired) electrons. The number of benzene rings is 1. The number of para-hydroxylation sites is 1. The molecule has 0 aliphatic carbocycles. The molecule has 1 amide bonds. The Morgan fingerprint density at radius 2 is 2.04 bits per heavy atom. The molecule has 2 heterocycles. The molecule has 1 aliphatic heterocycles. The van der Waals surface area contributed by atoms with E-state index in [1.54, 1.807) is 18.3 Å². The van der Waals surface area contributed by atoms with Crippen LogP contribution < -0.4 is 5.01 Å². The minimum absolute atomic E-state index is 0.0878. The fourth-order valence-electron chi connectivity index (χ4n) is 2.70. The molecule has 0 bridgehead atoms. The molecule has 0 saturated carbocycles. The van der Waals surface area contributed by atoms with Gasteiger partial charge in [0.2, 0.25) is 0 Å². The number of thiophene rings is 1. The molecule has 0 N–H and O–H groups in total. The summed E-state index contributed by atoms with van der Waals surface area (Å²) in [5.41, 5.74) is 2.24. The highest BCUT2D eigenvalue weighted by atomic mass is 32.1. The maximum atomic E-state index is 12.6. The third-order valence-corrected chi connectivity index (χ3v) is 5.02. The number of ketones is 1. The van der Waals surface area contributed by atoms with Crippen LogP contribution >= 0.6 is 11.3 Å². The minimum atomic E-state index is -0.764. The first kappa shape index (κ1) is 15.6. The predicted molar refractivity (Wildman–Crippen MR) is 92.9 cm³/mol. The summed E-state index contributed by atoms with van der Waals surface area (Å²) in [5, 5.41) is 7.62. The van der Waals surface area contributed by atoms with Gasteiger partial charge in [0.15, 0.2) is 5.78 Å². The Morgan fingerprint density at radius 3 is 2.70 bits per heavy atom. The van der Waals surface area contributed by atoms with Gasteiger partial charge in [-0.05, 0) is 42.5 Å². The summed E-state index contributed by atoms with van der Waals surface area (Å²) in [7, 11) is 0. The van der Waals surface area contributed by atoms with Crippen molar-refractivity contribution in [3.8, 4) is 0 Å². The Balaban J connectivity index is 1.77. The quantitative estimate of drug-likeness (QED) is 0.790. The molecule has 3 rings (SSSR count). The van der Waals surface area contributed by atoms with Crippen molar-refractivity contribution < 1.29 is 9.59 Å². The van der Waals surface area contributed by atoms with Crippen molar-refractivity contribution in [2.45, 2.75) is 26.7 Å². The number of Topliss-reactive ketones (excluding diaryl/α,β-unsaturated/α-hetero) is 1. The maximum Gasteiger partial charge on any atom is 0.263 e. The van der Waals surface area contributed by atoms with Gasteiger partial charge in [-0.15, -0.1) is 11.3 Å². The van der Waals surface area contributed by atoms with Crippen LogP contribution in [0.15, 0.2) is 46.9 Å². The van der Waals surface area contributed by atoms with Gasteiger partial charge in [0.25, 0.3) is 5.91 Å². The van der Waals surface area contributed by atoms with E-state index in [2.05, 4.69) is 12.0 Å². The lowest BCUT2D eigenvalue weighted by Gasteiger charge is -2.13. The normalized spacial score (nSPS) is 17.5. The largest absolute Gasteiger partial charge is 0.298 e. The van der Waals surface area contributed by atoms with Gasteiger partial charge in [-0.25, -0.2) is 0 Å². The van der Waals surface area contributed by atoms with Crippen LogP contribution in [0.4, 0.5) is 5.69 Å². The second-order valence-corrected chi connectivity index (χ2v) is 6.57. The summed E-state index contributed by atoms with van der Waals surface area (Å²) in [4.78, 5) is 26.4. The molecule has 0 fully saturated rings. The van der Waals surface area contributed by atoms with Crippen molar-refractivity contribution in [3.05, 3.63) is 52.2 Å². The van der Waals surface area contributed by atoms with E-state index in [9.17, 15) is 9.59 Å². The fraction of sp³-hybridized carbons (Fsp3) is 0.278. The van der Waals surface area contributed by atoms with E-state index in [0.29, 0.717) is 11.4 Å². The molecule has 4 nitrogen and oxygen atoms in total. The van der Waals surface area contributed by atoms with Gasteiger partial charge in [-0.2, -0.15) is 10.1 Å². The van der Waals surface area contributed by atoms with Gasteiger partial charge >= 0.3 is 0 Å². The average molecular weight is 326 g/mol. The van der Waals surface area contributed by atoms with E-state index in [0.717, 1.165) is 12.0 Å². The zero-order chi connectivity index (χ0) is 16.4. The number of hydrogen-bond donors (Lipinski definition) is 0. The van der Waals surface area contributed by atoms with Crippen LogP contribution in [0.25, 0.3) is 0 Å². The van der Waals surface area contributed by atoms with E-state index in [1.807, 2.05) is 41.8 Å². The van der Waals surface area contributed by atoms with Crippen LogP contribution in [0.1, 0.15) is 24.3 Å². The molecule has 1 aliphatic rings. The van der Waals surface area contributed by atoms with Crippen LogP contribution in [-0.2, 0) is 22.4 Å². The number of carbonyl (C=O) groups is 2. The van der Waals surface area contributed by atoms with Gasteiger partial charge in [0.1, 0.15) is 5.92 Å². The Labute approximate surface area is 139 Å². The number of rotatable bonds is 5. The first-order valence-corrected chi connectivity index (χ1v) is 8.51. The van der Waals surface area contributed by atoms with Crippen molar-refractivity contribution in [2.24, 2.45) is 11.0 Å². The summed E-state index contributed by atoms with van der Waals surface area (Å²) in [6, 6.07) is 11.2. The molecule has 5 heteroatoms. The molecular weight excluding hydrogens is 308 g/mol. The van der Waals surface area contributed by atoms with E-state index < -0.39 is 5.92 Å². The van der Waals surface area contributed by atoms with E-state index >= 15 is 0 Å². The summed E-state index contributed by atoms with van der Waals surface area (Å²) in [6.07, 6.45) is 1.24. The smallest absolute Gasteiger partial charge is 0.263 e. The lowest BCUT2D eigenvalue weighted by atomic mass is 9.95. The van der Waals surface area contributed by atoms with Crippen molar-refractivity contribution in [1.82, 2.24) is 0 Å². The van der Waals surface area contributed by atoms with Crippen LogP contribution in [0.3, 0.4) is 0 Å². The van der Waals surface area contributed by atoms with E-state index in [4.69, 9.17) is 0 Å². The van der Waals surface area contributed by atoms with Crippen LogP contribution in [-0.4, -0.2) is 17.4 Å². The Morgan fingerprint density at radius 1 is 1.30 bits per heavy atom. The lowest BCUT2D eigenvalue weighted by Crippen LogP contribution is -2.33. The summed E-state index contributed by atoms with van der Waals surface area (Å²) in [5.74, 6) is -1.11. The van der Waals surface area contributed by atoms with Crippen LogP contribution in [0.2, 0.25) is 0 Å². The molecule has 118 valence electrons. The SMILES string of the molecule is CCc1cc(CC(=O)C2C(=O)N(c3ccccc3)N=C2C)cs1. The van der Waals surface area contributed by atoms with Crippen LogP contribution in [0.5, 0.6) is 0 Å². The molecule has 0 saturated heterocycles. The highest BCUT2D eigenvalue weighted by molar-refractivity contribution is 7.10. The van der Waals surface area contributed by atoms with Crippen molar-refractivity contribution in [1.29, 1.82) is 0 Å². The number of carbonyl (C=O) groups excluding carboxylic acids is 2. The molecule has 2 aromatic rings. The molecule has 1 aromatic carbocycles. The van der Waals surface area contributed by atoms with Crippen molar-refractivity contribution >= 4 is 34.4 Å². The molecule has 1 atom stereocenters. The summed E-state index contributed by atoms with van der Waals surface area (Å²) in [6.45, 7) is 3.83. The second-order valence-electron chi connectivity index (χ2n) is 5.58. The van der Waals surface area contributed by atoms with E-state index in [1.165, 1.54) is 9.89 Å². The minimum Gasteiger partial charge on any atom is -0.298 e. The average Bonchev–Trinajstić information content (AvgIpc) is 3.12. The van der Waals surface area contributed by atoms with Gasteiger partial charge in [0.05, 0.1) is 11.4 Å². The van der Waals surface area contributed by atoms with Gasteiger partial charge in [-0.3, -0.25) is 9.59 Å². The molecule has 1 unspecified atom stereocenters. The third-order valence-electron chi connectivity index (χ3n) is 3.89. The van der Waals surface area contributed by atoms with Crippen LogP contribution in [0, 0.1) is 5.92 Å². The number of hydrogen-bond acceptors (Lipinski definition) is 4. The summed E-state index contributed by atoms with van der Waals surface area (Å²) < 4.78 is 0. The van der Waals surface area contributed by atoms with E-state index in [-0.39, 0.29) is 18.1 Å². The second kappa shape index (κ2) is 6.46. The standard InChI is InChI=1S/C18H18N2O2S/c1-3-15-9-13(11-23-15)10-16(21)17-12(2)19-20(18(17)22)14-7-5-4-6-8-14/h4-9,11,17H,3,10H2,1-2H3. The number of aryl methyl sites for hydroxylation is 1. The zero-order valence-electron chi connectivity index (χ0n) is 13.2. The maximum absolute atomic E-state index is 12.6. The first-order valence-electron chi connectivity index (χ1n) is 7.63. The number of hydrazone groups is 1. The fourth-order valence-corrected chi connectivity index (χ4v) is 3.54. The topological polar surface area (TPSA) is 49.7 Å². The first-order chi connectivity index (χ1) is 11.1. The zero-order valence-corrected chi connectivity index (χ0v) is 14.0. The highest BCUT2D eigenvalue weighted by Crippen LogP contribution is 2.25. The third kappa shape index (κ3) is 3.10. The summed E-state index contributed by atoms with van der Waals surface area (Å²) >= 11 is 1.66. The number of anilines is 1. The highest BCUT2D eigenvalue weighted by Gasteiger charge is 2.39. The lowest BCUT2D eigenvalue weighted by molar-refractivity contribution is -0.128. The van der Waals surface area contributed by atoms with Crippen molar-refractivity contribution in [3.63, 3.8) is 0 Å².